The summed E-state index contributed by atoms with van der Waals surface area (Å²) in [6.07, 6.45) is -0.657. The second kappa shape index (κ2) is 5.94. The number of carbonyl (C=O) groups is 1. The predicted molar refractivity (Wildman–Crippen MR) is 67.8 cm³/mol. The first-order valence-electron chi connectivity index (χ1n) is 5.28. The Morgan fingerprint density at radius 1 is 1.33 bits per heavy atom. The molecule has 7 heteroatoms. The smallest absolute Gasteiger partial charge is 0.253 e. The summed E-state index contributed by atoms with van der Waals surface area (Å²) in [6.45, 7) is 1.57. The van der Waals surface area contributed by atoms with Gasteiger partial charge in [-0.15, -0.1) is 0 Å². The molecule has 0 spiro atoms. The molecule has 1 unspecified atom stereocenters. The second-order valence-corrected chi connectivity index (χ2v) is 5.43. The summed E-state index contributed by atoms with van der Waals surface area (Å²) in [4.78, 5) is 11.7. The Morgan fingerprint density at radius 3 is 2.50 bits per heavy atom. The predicted octanol–water partition coefficient (Wildman–Crippen LogP) is 0.568. The van der Waals surface area contributed by atoms with Crippen molar-refractivity contribution in [1.82, 2.24) is 4.72 Å². The van der Waals surface area contributed by atoms with E-state index in [-0.39, 0.29) is 10.6 Å². The Morgan fingerprint density at radius 2 is 1.94 bits per heavy atom. The standard InChI is InChI=1S/C11H16N2O4S/c1-8(17-3)11(14)13-9-6-4-5-7-10(9)18(15,16)12-2/h4-8,12H,1-3H3,(H,13,14). The van der Waals surface area contributed by atoms with Gasteiger partial charge in [0.1, 0.15) is 11.0 Å². The molecular formula is C11H16N2O4S. The van der Waals surface area contributed by atoms with Crippen LogP contribution in [0.5, 0.6) is 0 Å². The van der Waals surface area contributed by atoms with Gasteiger partial charge in [-0.2, -0.15) is 0 Å². The maximum absolute atomic E-state index is 11.7. The maximum Gasteiger partial charge on any atom is 0.253 e. The Hall–Kier alpha value is -1.44. The zero-order valence-electron chi connectivity index (χ0n) is 10.4. The first-order valence-corrected chi connectivity index (χ1v) is 6.77. The van der Waals surface area contributed by atoms with Gasteiger partial charge in [0.25, 0.3) is 5.91 Å². The molecule has 100 valence electrons. The lowest BCUT2D eigenvalue weighted by Gasteiger charge is -2.13. The number of rotatable bonds is 5. The van der Waals surface area contributed by atoms with Crippen molar-refractivity contribution in [3.63, 3.8) is 0 Å². The van der Waals surface area contributed by atoms with Gasteiger partial charge in [-0.05, 0) is 26.1 Å². The summed E-state index contributed by atoms with van der Waals surface area (Å²) in [7, 11) is -0.898. The van der Waals surface area contributed by atoms with Gasteiger partial charge >= 0.3 is 0 Å². The van der Waals surface area contributed by atoms with Crippen LogP contribution < -0.4 is 10.0 Å². The molecule has 1 atom stereocenters. The largest absolute Gasteiger partial charge is 0.372 e. The van der Waals surface area contributed by atoms with Crippen LogP contribution in [0.4, 0.5) is 5.69 Å². The molecule has 0 radical (unpaired) electrons. The van der Waals surface area contributed by atoms with Crippen LogP contribution in [0.3, 0.4) is 0 Å². The zero-order valence-corrected chi connectivity index (χ0v) is 11.2. The van der Waals surface area contributed by atoms with Crippen LogP contribution in [0.15, 0.2) is 29.2 Å². The number of amides is 1. The van der Waals surface area contributed by atoms with E-state index >= 15 is 0 Å². The molecule has 0 aromatic heterocycles. The quantitative estimate of drug-likeness (QED) is 0.820. The number of anilines is 1. The van der Waals surface area contributed by atoms with Crippen molar-refractivity contribution in [3.05, 3.63) is 24.3 Å². The Balaban J connectivity index is 3.08. The van der Waals surface area contributed by atoms with E-state index in [4.69, 9.17) is 4.74 Å². The molecule has 0 bridgehead atoms. The summed E-state index contributed by atoms with van der Waals surface area (Å²) in [5, 5.41) is 2.52. The lowest BCUT2D eigenvalue weighted by Crippen LogP contribution is -2.28. The van der Waals surface area contributed by atoms with Gasteiger partial charge in [0.15, 0.2) is 0 Å². The van der Waals surface area contributed by atoms with Gasteiger partial charge in [-0.25, -0.2) is 13.1 Å². The highest BCUT2D eigenvalue weighted by Gasteiger charge is 2.19. The molecule has 1 rings (SSSR count). The fourth-order valence-electron chi connectivity index (χ4n) is 1.26. The third kappa shape index (κ3) is 3.28. The summed E-state index contributed by atoms with van der Waals surface area (Å²) in [5.41, 5.74) is 0.223. The van der Waals surface area contributed by atoms with Crippen LogP contribution in [0.25, 0.3) is 0 Å². The number of hydrogen-bond acceptors (Lipinski definition) is 4. The Labute approximate surface area is 106 Å². The van der Waals surface area contributed by atoms with E-state index < -0.39 is 22.0 Å². The van der Waals surface area contributed by atoms with Crippen LogP contribution in [0.1, 0.15) is 6.92 Å². The van der Waals surface area contributed by atoms with E-state index in [0.717, 1.165) is 0 Å². The Kier molecular flexibility index (Phi) is 4.83. The molecule has 1 amide bonds. The number of hydrogen-bond donors (Lipinski definition) is 2. The van der Waals surface area contributed by atoms with Gasteiger partial charge < -0.3 is 10.1 Å². The van der Waals surface area contributed by atoms with Crippen LogP contribution in [0, 0.1) is 0 Å². The Bertz CT molecular complexity index is 528. The number of methoxy groups -OCH3 is 1. The molecule has 18 heavy (non-hydrogen) atoms. The topological polar surface area (TPSA) is 84.5 Å². The van der Waals surface area contributed by atoms with E-state index in [9.17, 15) is 13.2 Å². The second-order valence-electron chi connectivity index (χ2n) is 3.57. The number of sulfonamides is 1. The minimum absolute atomic E-state index is 0.0177. The molecule has 0 aliphatic heterocycles. The van der Waals surface area contributed by atoms with E-state index in [0.29, 0.717) is 0 Å². The molecule has 0 aliphatic rings. The summed E-state index contributed by atoms with van der Waals surface area (Å²) in [5.74, 6) is -0.406. The highest BCUT2D eigenvalue weighted by atomic mass is 32.2. The van der Waals surface area contributed by atoms with E-state index in [1.807, 2.05) is 0 Å². The molecule has 0 saturated carbocycles. The molecule has 6 nitrogen and oxygen atoms in total. The van der Waals surface area contributed by atoms with Gasteiger partial charge in [-0.3, -0.25) is 4.79 Å². The minimum Gasteiger partial charge on any atom is -0.372 e. The third-order valence-electron chi connectivity index (χ3n) is 2.43. The summed E-state index contributed by atoms with van der Waals surface area (Å²) in [6, 6.07) is 6.16. The fourth-order valence-corrected chi connectivity index (χ4v) is 2.14. The van der Waals surface area contributed by atoms with Crippen molar-refractivity contribution in [1.29, 1.82) is 0 Å². The van der Waals surface area contributed by atoms with E-state index in [2.05, 4.69) is 10.0 Å². The van der Waals surface area contributed by atoms with Crippen molar-refractivity contribution in [3.8, 4) is 0 Å². The van der Waals surface area contributed by atoms with Crippen molar-refractivity contribution in [2.75, 3.05) is 19.5 Å². The number of benzene rings is 1. The molecule has 1 aromatic rings. The maximum atomic E-state index is 11.7. The number of para-hydroxylation sites is 1. The van der Waals surface area contributed by atoms with Crippen LogP contribution in [0.2, 0.25) is 0 Å². The molecule has 2 N–H and O–H groups in total. The molecule has 0 aliphatic carbocycles. The van der Waals surface area contributed by atoms with Crippen molar-refractivity contribution in [2.24, 2.45) is 0 Å². The molecule has 1 aromatic carbocycles. The molecule has 0 fully saturated rings. The lowest BCUT2D eigenvalue weighted by molar-refractivity contribution is -0.124. The first kappa shape index (κ1) is 14.6. The van der Waals surface area contributed by atoms with Crippen molar-refractivity contribution < 1.29 is 17.9 Å². The van der Waals surface area contributed by atoms with Crippen LogP contribution in [-0.2, 0) is 19.6 Å². The SMILES string of the molecule is CNS(=O)(=O)c1ccccc1NC(=O)C(C)OC. The van der Waals surface area contributed by atoms with Gasteiger partial charge in [0.05, 0.1) is 5.69 Å². The highest BCUT2D eigenvalue weighted by molar-refractivity contribution is 7.89. The van der Waals surface area contributed by atoms with Gasteiger partial charge in [-0.1, -0.05) is 12.1 Å². The zero-order chi connectivity index (χ0) is 13.8. The number of ether oxygens (including phenoxy) is 1. The van der Waals surface area contributed by atoms with E-state index in [1.165, 1.54) is 26.3 Å². The van der Waals surface area contributed by atoms with E-state index in [1.54, 1.807) is 19.1 Å². The van der Waals surface area contributed by atoms with Crippen molar-refractivity contribution >= 4 is 21.6 Å². The van der Waals surface area contributed by atoms with Crippen molar-refractivity contribution in [2.45, 2.75) is 17.9 Å². The van der Waals surface area contributed by atoms with Crippen LogP contribution >= 0.6 is 0 Å². The normalized spacial score (nSPS) is 13.1. The van der Waals surface area contributed by atoms with Gasteiger partial charge in [0.2, 0.25) is 10.0 Å². The minimum atomic E-state index is -3.61. The fraction of sp³-hybridized carbons (Fsp3) is 0.364. The van der Waals surface area contributed by atoms with Crippen LogP contribution in [-0.4, -0.2) is 34.6 Å². The number of nitrogens with one attached hydrogen (secondary N) is 2. The molecular weight excluding hydrogens is 256 g/mol. The molecule has 0 heterocycles. The molecule has 0 saturated heterocycles. The summed E-state index contributed by atoms with van der Waals surface area (Å²) >= 11 is 0. The lowest BCUT2D eigenvalue weighted by atomic mass is 10.3. The average molecular weight is 272 g/mol. The highest BCUT2D eigenvalue weighted by Crippen LogP contribution is 2.20. The first-order chi connectivity index (χ1) is 8.42. The monoisotopic (exact) mass is 272 g/mol. The van der Waals surface area contributed by atoms with Gasteiger partial charge in [0, 0.05) is 7.11 Å². The average Bonchev–Trinajstić information content (AvgIpc) is 2.38. The number of carbonyl (C=O) groups excluding carboxylic acids is 1. The third-order valence-corrected chi connectivity index (χ3v) is 3.90. The summed E-state index contributed by atoms with van der Waals surface area (Å²) < 4.78 is 30.6.